The first-order valence-corrected chi connectivity index (χ1v) is 6.02. The fraction of sp³-hybridized carbons (Fsp3) is 0.583. The molecule has 0 aromatic rings. The lowest BCUT2D eigenvalue weighted by Gasteiger charge is -2.31. The SMILES string of the molecule is O=C(OC1COC1)N1C=CC2=C(CCCN2)C1. The number of nitrogens with one attached hydrogen (secondary N) is 1. The van der Waals surface area contributed by atoms with Crippen LogP contribution in [0, 0.1) is 0 Å². The molecule has 0 spiro atoms. The van der Waals surface area contributed by atoms with Crippen LogP contribution in [0.25, 0.3) is 0 Å². The van der Waals surface area contributed by atoms with Gasteiger partial charge in [-0.05, 0) is 24.5 Å². The average Bonchev–Trinajstić information content (AvgIpc) is 2.33. The fourth-order valence-electron chi connectivity index (χ4n) is 2.17. The summed E-state index contributed by atoms with van der Waals surface area (Å²) >= 11 is 0. The fourth-order valence-corrected chi connectivity index (χ4v) is 2.17. The zero-order chi connectivity index (χ0) is 11.7. The van der Waals surface area contributed by atoms with Crippen molar-refractivity contribution in [2.45, 2.75) is 18.9 Å². The van der Waals surface area contributed by atoms with E-state index in [0.29, 0.717) is 19.8 Å². The van der Waals surface area contributed by atoms with Crippen molar-refractivity contribution in [3.63, 3.8) is 0 Å². The summed E-state index contributed by atoms with van der Waals surface area (Å²) in [5, 5.41) is 3.34. The third-order valence-corrected chi connectivity index (χ3v) is 3.24. The van der Waals surface area contributed by atoms with E-state index < -0.39 is 0 Å². The first-order valence-electron chi connectivity index (χ1n) is 6.02. The maximum Gasteiger partial charge on any atom is 0.414 e. The first-order chi connectivity index (χ1) is 8.33. The van der Waals surface area contributed by atoms with Crippen LogP contribution in [0.3, 0.4) is 0 Å². The van der Waals surface area contributed by atoms with Gasteiger partial charge in [-0.2, -0.15) is 0 Å². The zero-order valence-electron chi connectivity index (χ0n) is 9.65. The van der Waals surface area contributed by atoms with E-state index in [0.717, 1.165) is 19.4 Å². The van der Waals surface area contributed by atoms with Gasteiger partial charge in [-0.15, -0.1) is 0 Å². The quantitative estimate of drug-likeness (QED) is 0.737. The second-order valence-electron chi connectivity index (χ2n) is 4.53. The molecule has 5 heteroatoms. The summed E-state index contributed by atoms with van der Waals surface area (Å²) in [5.74, 6) is 0. The second kappa shape index (κ2) is 4.41. The summed E-state index contributed by atoms with van der Waals surface area (Å²) in [7, 11) is 0. The van der Waals surface area contributed by atoms with E-state index in [2.05, 4.69) is 5.32 Å². The Labute approximate surface area is 100 Å². The first kappa shape index (κ1) is 10.7. The van der Waals surface area contributed by atoms with Crippen LogP contribution in [-0.4, -0.2) is 43.4 Å². The molecule has 17 heavy (non-hydrogen) atoms. The number of ether oxygens (including phenoxy) is 2. The molecule has 1 fully saturated rings. The molecular weight excluding hydrogens is 220 g/mol. The molecule has 3 aliphatic heterocycles. The second-order valence-corrected chi connectivity index (χ2v) is 4.53. The highest BCUT2D eigenvalue weighted by atomic mass is 16.6. The van der Waals surface area contributed by atoms with Crippen LogP contribution in [0.1, 0.15) is 12.8 Å². The van der Waals surface area contributed by atoms with Crippen molar-refractivity contribution in [2.24, 2.45) is 0 Å². The number of amides is 1. The van der Waals surface area contributed by atoms with Gasteiger partial charge < -0.3 is 14.8 Å². The Morgan fingerprint density at radius 2 is 2.41 bits per heavy atom. The molecule has 0 aromatic carbocycles. The predicted molar refractivity (Wildman–Crippen MR) is 61.2 cm³/mol. The number of rotatable bonds is 1. The zero-order valence-corrected chi connectivity index (χ0v) is 9.65. The topological polar surface area (TPSA) is 50.8 Å². The molecule has 0 saturated carbocycles. The van der Waals surface area contributed by atoms with E-state index in [9.17, 15) is 4.79 Å². The molecule has 3 aliphatic rings. The van der Waals surface area contributed by atoms with Crippen LogP contribution in [0.5, 0.6) is 0 Å². The monoisotopic (exact) mass is 236 g/mol. The van der Waals surface area contributed by atoms with Crippen LogP contribution >= 0.6 is 0 Å². The number of hydrogen-bond donors (Lipinski definition) is 1. The van der Waals surface area contributed by atoms with Crippen molar-refractivity contribution in [3.05, 3.63) is 23.5 Å². The lowest BCUT2D eigenvalue weighted by molar-refractivity contribution is -0.102. The van der Waals surface area contributed by atoms with E-state index in [4.69, 9.17) is 9.47 Å². The lowest BCUT2D eigenvalue weighted by atomic mass is 10.0. The third-order valence-electron chi connectivity index (χ3n) is 3.24. The van der Waals surface area contributed by atoms with Crippen molar-refractivity contribution < 1.29 is 14.3 Å². The van der Waals surface area contributed by atoms with Gasteiger partial charge in [-0.1, -0.05) is 0 Å². The molecule has 0 radical (unpaired) electrons. The van der Waals surface area contributed by atoms with Gasteiger partial charge in [0.05, 0.1) is 19.8 Å². The van der Waals surface area contributed by atoms with Crippen molar-refractivity contribution in [2.75, 3.05) is 26.3 Å². The van der Waals surface area contributed by atoms with Crippen molar-refractivity contribution in [1.29, 1.82) is 0 Å². The van der Waals surface area contributed by atoms with E-state index in [1.165, 1.54) is 11.3 Å². The number of carbonyl (C=O) groups excluding carboxylic acids is 1. The smallest absolute Gasteiger partial charge is 0.414 e. The van der Waals surface area contributed by atoms with Gasteiger partial charge in [0.25, 0.3) is 0 Å². The van der Waals surface area contributed by atoms with Crippen LogP contribution < -0.4 is 5.32 Å². The highest BCUT2D eigenvalue weighted by Crippen LogP contribution is 2.22. The van der Waals surface area contributed by atoms with Crippen LogP contribution in [0.15, 0.2) is 23.5 Å². The Kier molecular flexibility index (Phi) is 2.76. The molecular formula is C12H16N2O3. The summed E-state index contributed by atoms with van der Waals surface area (Å²) in [5.41, 5.74) is 2.47. The molecule has 92 valence electrons. The Hall–Kier alpha value is -1.49. The van der Waals surface area contributed by atoms with Crippen LogP contribution in [-0.2, 0) is 9.47 Å². The third kappa shape index (κ3) is 2.15. The highest BCUT2D eigenvalue weighted by molar-refractivity contribution is 5.70. The Balaban J connectivity index is 1.61. The summed E-state index contributed by atoms with van der Waals surface area (Å²) in [6.07, 6.45) is 5.60. The minimum absolute atomic E-state index is 0.0595. The molecule has 1 amide bonds. The maximum atomic E-state index is 11.8. The van der Waals surface area contributed by atoms with E-state index in [-0.39, 0.29) is 12.2 Å². The van der Waals surface area contributed by atoms with Gasteiger partial charge >= 0.3 is 6.09 Å². The molecule has 1 saturated heterocycles. The van der Waals surface area contributed by atoms with Crippen molar-refractivity contribution in [3.8, 4) is 0 Å². The number of carbonyl (C=O) groups is 1. The Morgan fingerprint density at radius 3 is 3.18 bits per heavy atom. The van der Waals surface area contributed by atoms with Crippen LogP contribution in [0.4, 0.5) is 4.79 Å². The van der Waals surface area contributed by atoms with Crippen LogP contribution in [0.2, 0.25) is 0 Å². The molecule has 0 bridgehead atoms. The summed E-state index contributed by atoms with van der Waals surface area (Å²) in [6, 6.07) is 0. The van der Waals surface area contributed by atoms with Gasteiger partial charge in [0.1, 0.15) is 0 Å². The standard InChI is InChI=1S/C12H16N2O3/c15-12(17-10-7-16-8-10)14-5-3-11-9(6-14)2-1-4-13-11/h3,5,10,13H,1-2,4,6-8H2. The highest BCUT2D eigenvalue weighted by Gasteiger charge is 2.27. The molecule has 5 nitrogen and oxygen atoms in total. The maximum absolute atomic E-state index is 11.8. The minimum Gasteiger partial charge on any atom is -0.441 e. The van der Waals surface area contributed by atoms with Gasteiger partial charge in [0, 0.05) is 18.4 Å². The molecule has 3 heterocycles. The number of hydrogen-bond acceptors (Lipinski definition) is 4. The number of nitrogens with zero attached hydrogens (tertiary/aromatic N) is 1. The van der Waals surface area contributed by atoms with Gasteiger partial charge in [0.15, 0.2) is 6.10 Å². The molecule has 3 rings (SSSR count). The van der Waals surface area contributed by atoms with E-state index >= 15 is 0 Å². The van der Waals surface area contributed by atoms with E-state index in [1.54, 1.807) is 11.1 Å². The largest absolute Gasteiger partial charge is 0.441 e. The number of allylic oxidation sites excluding steroid dienone is 1. The van der Waals surface area contributed by atoms with Gasteiger partial charge in [-0.3, -0.25) is 4.90 Å². The van der Waals surface area contributed by atoms with E-state index in [1.807, 2.05) is 6.08 Å². The molecule has 0 aromatic heterocycles. The molecule has 0 unspecified atom stereocenters. The normalized spacial score (nSPS) is 23.9. The van der Waals surface area contributed by atoms with Gasteiger partial charge in [-0.25, -0.2) is 4.79 Å². The molecule has 1 N–H and O–H groups in total. The summed E-state index contributed by atoms with van der Waals surface area (Å²) in [6.45, 7) is 2.72. The average molecular weight is 236 g/mol. The summed E-state index contributed by atoms with van der Waals surface area (Å²) in [4.78, 5) is 13.5. The Bertz CT molecular complexity index is 385. The lowest BCUT2D eigenvalue weighted by Crippen LogP contribution is -2.42. The predicted octanol–water partition coefficient (Wildman–Crippen LogP) is 0.989. The molecule has 0 atom stereocenters. The van der Waals surface area contributed by atoms with Gasteiger partial charge in [0.2, 0.25) is 0 Å². The minimum atomic E-state index is -0.272. The van der Waals surface area contributed by atoms with Crippen molar-refractivity contribution in [1.82, 2.24) is 10.2 Å². The summed E-state index contributed by atoms with van der Waals surface area (Å²) < 4.78 is 10.2. The molecule has 0 aliphatic carbocycles. The Morgan fingerprint density at radius 1 is 1.53 bits per heavy atom. The van der Waals surface area contributed by atoms with Crippen molar-refractivity contribution >= 4 is 6.09 Å².